The van der Waals surface area contributed by atoms with Crippen molar-refractivity contribution in [2.75, 3.05) is 26.7 Å². The number of hydrogen-bond donors (Lipinski definition) is 1. The summed E-state index contributed by atoms with van der Waals surface area (Å²) in [7, 11) is 2.20. The summed E-state index contributed by atoms with van der Waals surface area (Å²) in [6.45, 7) is 2.93. The number of hydrogen-bond acceptors (Lipinski definition) is 3. The number of carbonyl (C=O) groups excluding carboxylic acids is 1. The van der Waals surface area contributed by atoms with E-state index >= 15 is 0 Å². The van der Waals surface area contributed by atoms with E-state index in [1.807, 2.05) is 0 Å². The van der Waals surface area contributed by atoms with Crippen LogP contribution in [0.3, 0.4) is 0 Å². The predicted molar refractivity (Wildman–Crippen MR) is 80.6 cm³/mol. The van der Waals surface area contributed by atoms with Crippen LogP contribution in [0.4, 0.5) is 0 Å². The maximum absolute atomic E-state index is 12.3. The summed E-state index contributed by atoms with van der Waals surface area (Å²) < 4.78 is 0. The Morgan fingerprint density at radius 1 is 1.15 bits per heavy atom. The van der Waals surface area contributed by atoms with E-state index in [2.05, 4.69) is 22.2 Å². The van der Waals surface area contributed by atoms with Crippen molar-refractivity contribution in [1.29, 1.82) is 0 Å². The highest BCUT2D eigenvalue weighted by molar-refractivity contribution is 5.82. The second-order valence-electron chi connectivity index (χ2n) is 6.84. The lowest BCUT2D eigenvalue weighted by Gasteiger charge is -2.26. The molecule has 0 bridgehead atoms. The first kappa shape index (κ1) is 14.3. The number of likely N-dealkylation sites (N-methyl/N-ethyl adjacent to an activating group) is 1. The van der Waals surface area contributed by atoms with Crippen LogP contribution in [0.25, 0.3) is 0 Å². The van der Waals surface area contributed by atoms with Crippen molar-refractivity contribution in [3.8, 4) is 0 Å². The van der Waals surface area contributed by atoms with Crippen LogP contribution >= 0.6 is 0 Å². The monoisotopic (exact) mass is 279 g/mol. The molecule has 2 aliphatic carbocycles. The van der Waals surface area contributed by atoms with Crippen molar-refractivity contribution in [2.45, 2.75) is 69.5 Å². The minimum atomic E-state index is 0.166. The average molecular weight is 279 g/mol. The third-order valence-electron chi connectivity index (χ3n) is 5.32. The van der Waals surface area contributed by atoms with Crippen molar-refractivity contribution < 1.29 is 4.79 Å². The van der Waals surface area contributed by atoms with E-state index in [-0.39, 0.29) is 11.9 Å². The molecule has 0 aromatic rings. The normalized spacial score (nSPS) is 28.4. The van der Waals surface area contributed by atoms with Gasteiger partial charge in [-0.1, -0.05) is 12.8 Å². The van der Waals surface area contributed by atoms with Crippen molar-refractivity contribution in [3.05, 3.63) is 0 Å². The third kappa shape index (κ3) is 3.34. The quantitative estimate of drug-likeness (QED) is 0.802. The molecular formula is C16H29N3O. The van der Waals surface area contributed by atoms with Gasteiger partial charge in [-0.15, -0.1) is 0 Å². The smallest absolute Gasteiger partial charge is 0.237 e. The van der Waals surface area contributed by atoms with Gasteiger partial charge in [-0.05, 0) is 52.1 Å². The number of nitrogens with zero attached hydrogens (tertiary/aromatic N) is 2. The SMILES string of the molecule is CN(CCNC(=O)[C@@H]1CCCN1C1CC1)C1CCCC1. The molecule has 0 aromatic heterocycles. The van der Waals surface area contributed by atoms with Crippen LogP contribution in [-0.2, 0) is 4.79 Å². The molecule has 4 heteroatoms. The van der Waals surface area contributed by atoms with E-state index in [4.69, 9.17) is 0 Å². The van der Waals surface area contributed by atoms with E-state index in [0.717, 1.165) is 38.1 Å². The molecule has 3 aliphatic rings. The molecule has 0 aromatic carbocycles. The summed E-state index contributed by atoms with van der Waals surface area (Å²) in [5, 5.41) is 3.17. The van der Waals surface area contributed by atoms with Gasteiger partial charge in [0.25, 0.3) is 0 Å². The Bertz CT molecular complexity index is 337. The van der Waals surface area contributed by atoms with Gasteiger partial charge in [0.2, 0.25) is 5.91 Å². The van der Waals surface area contributed by atoms with Crippen molar-refractivity contribution in [1.82, 2.24) is 15.1 Å². The van der Waals surface area contributed by atoms with Crippen LogP contribution in [0.5, 0.6) is 0 Å². The molecule has 1 heterocycles. The van der Waals surface area contributed by atoms with Gasteiger partial charge in [0.1, 0.15) is 0 Å². The molecule has 1 saturated heterocycles. The highest BCUT2D eigenvalue weighted by Gasteiger charge is 2.39. The minimum Gasteiger partial charge on any atom is -0.353 e. The van der Waals surface area contributed by atoms with Gasteiger partial charge in [0, 0.05) is 25.2 Å². The van der Waals surface area contributed by atoms with Crippen molar-refractivity contribution in [3.63, 3.8) is 0 Å². The minimum absolute atomic E-state index is 0.166. The molecule has 1 aliphatic heterocycles. The van der Waals surface area contributed by atoms with Crippen molar-refractivity contribution >= 4 is 5.91 Å². The Labute approximate surface area is 122 Å². The average Bonchev–Trinajstić information content (AvgIpc) is 2.97. The fourth-order valence-electron chi connectivity index (χ4n) is 3.91. The Hall–Kier alpha value is -0.610. The Morgan fingerprint density at radius 2 is 1.90 bits per heavy atom. The zero-order valence-corrected chi connectivity index (χ0v) is 12.8. The van der Waals surface area contributed by atoms with Gasteiger partial charge in [-0.2, -0.15) is 0 Å². The number of carbonyl (C=O) groups is 1. The lowest BCUT2D eigenvalue weighted by atomic mass is 10.2. The lowest BCUT2D eigenvalue weighted by Crippen LogP contribution is -2.46. The Balaban J connectivity index is 1.38. The van der Waals surface area contributed by atoms with E-state index in [0.29, 0.717) is 0 Å². The van der Waals surface area contributed by atoms with Crippen molar-refractivity contribution in [2.24, 2.45) is 0 Å². The molecule has 0 spiro atoms. The zero-order chi connectivity index (χ0) is 13.9. The van der Waals surface area contributed by atoms with E-state index in [1.165, 1.54) is 44.9 Å². The number of amides is 1. The van der Waals surface area contributed by atoms with Gasteiger partial charge < -0.3 is 10.2 Å². The fraction of sp³-hybridized carbons (Fsp3) is 0.938. The first-order chi connectivity index (χ1) is 9.75. The zero-order valence-electron chi connectivity index (χ0n) is 12.8. The van der Waals surface area contributed by atoms with Crippen LogP contribution in [-0.4, -0.2) is 60.5 Å². The molecule has 20 heavy (non-hydrogen) atoms. The van der Waals surface area contributed by atoms with Gasteiger partial charge in [-0.25, -0.2) is 0 Å². The number of rotatable bonds is 6. The third-order valence-corrected chi connectivity index (χ3v) is 5.32. The van der Waals surface area contributed by atoms with Gasteiger partial charge >= 0.3 is 0 Å². The second kappa shape index (κ2) is 6.44. The van der Waals surface area contributed by atoms with Crippen LogP contribution in [0.2, 0.25) is 0 Å². The molecule has 0 unspecified atom stereocenters. The van der Waals surface area contributed by atoms with E-state index in [1.54, 1.807) is 0 Å². The molecule has 1 atom stereocenters. The van der Waals surface area contributed by atoms with Gasteiger partial charge in [0.15, 0.2) is 0 Å². The van der Waals surface area contributed by atoms with E-state index in [9.17, 15) is 4.79 Å². The van der Waals surface area contributed by atoms with E-state index < -0.39 is 0 Å². The molecular weight excluding hydrogens is 250 g/mol. The van der Waals surface area contributed by atoms with Crippen LogP contribution in [0, 0.1) is 0 Å². The Morgan fingerprint density at radius 3 is 2.60 bits per heavy atom. The molecule has 3 fully saturated rings. The molecule has 2 saturated carbocycles. The largest absolute Gasteiger partial charge is 0.353 e. The maximum atomic E-state index is 12.3. The molecule has 3 rings (SSSR count). The fourth-order valence-corrected chi connectivity index (χ4v) is 3.91. The standard InChI is InChI=1S/C16H29N3O/c1-18(13-5-2-3-6-13)12-10-17-16(20)15-7-4-11-19(15)14-8-9-14/h13-15H,2-12H2,1H3,(H,17,20)/t15-/m0/s1. The first-order valence-electron chi connectivity index (χ1n) is 8.49. The highest BCUT2D eigenvalue weighted by atomic mass is 16.2. The lowest BCUT2D eigenvalue weighted by molar-refractivity contribution is -0.125. The molecule has 1 amide bonds. The summed E-state index contributed by atoms with van der Waals surface area (Å²) in [4.78, 5) is 17.2. The van der Waals surface area contributed by atoms with Crippen LogP contribution in [0.15, 0.2) is 0 Å². The van der Waals surface area contributed by atoms with Gasteiger partial charge in [0.05, 0.1) is 6.04 Å². The number of nitrogens with one attached hydrogen (secondary N) is 1. The predicted octanol–water partition coefficient (Wildman–Crippen LogP) is 1.60. The summed E-state index contributed by atoms with van der Waals surface area (Å²) in [6, 6.07) is 1.63. The summed E-state index contributed by atoms with van der Waals surface area (Å²) in [5.41, 5.74) is 0. The molecule has 0 radical (unpaired) electrons. The molecule has 4 nitrogen and oxygen atoms in total. The molecule has 1 N–H and O–H groups in total. The van der Waals surface area contributed by atoms with Crippen LogP contribution in [0.1, 0.15) is 51.4 Å². The van der Waals surface area contributed by atoms with Crippen LogP contribution < -0.4 is 5.32 Å². The maximum Gasteiger partial charge on any atom is 0.237 e. The Kier molecular flexibility index (Phi) is 4.61. The summed E-state index contributed by atoms with van der Waals surface area (Å²) in [5.74, 6) is 0.272. The summed E-state index contributed by atoms with van der Waals surface area (Å²) in [6.07, 6.45) is 10.3. The topological polar surface area (TPSA) is 35.6 Å². The van der Waals surface area contributed by atoms with Gasteiger partial charge in [-0.3, -0.25) is 9.69 Å². The molecule has 114 valence electrons. The second-order valence-corrected chi connectivity index (χ2v) is 6.84. The highest BCUT2D eigenvalue weighted by Crippen LogP contribution is 2.33. The first-order valence-corrected chi connectivity index (χ1v) is 8.49. The summed E-state index contributed by atoms with van der Waals surface area (Å²) >= 11 is 0. The number of likely N-dealkylation sites (tertiary alicyclic amines) is 1.